The first-order valence-electron chi connectivity index (χ1n) is 7.76. The van der Waals surface area contributed by atoms with E-state index in [1.54, 1.807) is 0 Å². The molecule has 0 radical (unpaired) electrons. The van der Waals surface area contributed by atoms with Gasteiger partial charge in [-0.2, -0.15) is 0 Å². The van der Waals surface area contributed by atoms with Crippen molar-refractivity contribution in [2.45, 2.75) is 39.6 Å². The van der Waals surface area contributed by atoms with Crippen molar-refractivity contribution >= 4 is 11.3 Å². The van der Waals surface area contributed by atoms with E-state index < -0.39 is 0 Å². The highest BCUT2D eigenvalue weighted by Crippen LogP contribution is 2.27. The molecular weight excluding hydrogens is 294 g/mol. The van der Waals surface area contributed by atoms with Gasteiger partial charge in [-0.25, -0.2) is 0 Å². The average Bonchev–Trinajstić information content (AvgIpc) is 3.15. The van der Waals surface area contributed by atoms with Gasteiger partial charge < -0.3 is 14.8 Å². The van der Waals surface area contributed by atoms with Crippen molar-refractivity contribution in [1.29, 1.82) is 0 Å². The Kier molecular flexibility index (Phi) is 4.93. The van der Waals surface area contributed by atoms with Gasteiger partial charge in [0.2, 0.25) is 0 Å². The molecular formula is C18H23NO2S. The minimum absolute atomic E-state index is 0.183. The number of aryl methyl sites for hydroxylation is 2. The third-order valence-corrected chi connectivity index (χ3v) is 5.01. The van der Waals surface area contributed by atoms with Gasteiger partial charge in [-0.05, 0) is 38.0 Å². The minimum Gasteiger partial charge on any atom is -0.346 e. The summed E-state index contributed by atoms with van der Waals surface area (Å²) >= 11 is 1.87. The maximum Gasteiger partial charge on any atom is 0.184 e. The molecule has 0 aliphatic carbocycles. The maximum absolute atomic E-state index is 5.51. The van der Waals surface area contributed by atoms with Crippen molar-refractivity contribution in [2.75, 3.05) is 13.2 Å². The third-order valence-electron chi connectivity index (χ3n) is 4.03. The van der Waals surface area contributed by atoms with Gasteiger partial charge in [0.05, 0.1) is 13.2 Å². The molecule has 0 unspecified atom stereocenters. The fraction of sp³-hybridized carbons (Fsp3) is 0.444. The van der Waals surface area contributed by atoms with Crippen LogP contribution in [0.1, 0.15) is 45.7 Å². The van der Waals surface area contributed by atoms with Crippen LogP contribution in [0.25, 0.3) is 0 Å². The van der Waals surface area contributed by atoms with Gasteiger partial charge in [0.1, 0.15) is 0 Å². The molecule has 0 saturated carbocycles. The van der Waals surface area contributed by atoms with Crippen LogP contribution in [0, 0.1) is 13.8 Å². The second kappa shape index (κ2) is 6.92. The van der Waals surface area contributed by atoms with Gasteiger partial charge in [-0.1, -0.05) is 24.3 Å². The lowest BCUT2D eigenvalue weighted by molar-refractivity contribution is -0.0441. The Balaban J connectivity index is 1.58. The van der Waals surface area contributed by atoms with E-state index in [4.69, 9.17) is 9.47 Å². The molecule has 0 bridgehead atoms. The van der Waals surface area contributed by atoms with Gasteiger partial charge in [0.15, 0.2) is 6.29 Å². The summed E-state index contributed by atoms with van der Waals surface area (Å²) in [6, 6.07) is 11.1. The number of rotatable bonds is 5. The zero-order valence-electron chi connectivity index (χ0n) is 13.4. The number of hydrogen-bond acceptors (Lipinski definition) is 4. The Morgan fingerprint density at radius 3 is 2.45 bits per heavy atom. The second-order valence-electron chi connectivity index (χ2n) is 5.79. The molecule has 1 atom stereocenters. The maximum atomic E-state index is 5.51. The molecule has 1 aromatic heterocycles. The Labute approximate surface area is 136 Å². The van der Waals surface area contributed by atoms with Crippen LogP contribution in [0.4, 0.5) is 0 Å². The van der Waals surface area contributed by atoms with Crippen LogP contribution in [-0.2, 0) is 16.0 Å². The fourth-order valence-corrected chi connectivity index (χ4v) is 3.83. The summed E-state index contributed by atoms with van der Waals surface area (Å²) in [4.78, 5) is 2.78. The van der Waals surface area contributed by atoms with Crippen LogP contribution < -0.4 is 5.32 Å². The molecule has 1 N–H and O–H groups in total. The minimum atomic E-state index is -0.183. The summed E-state index contributed by atoms with van der Waals surface area (Å²) in [7, 11) is 0. The quantitative estimate of drug-likeness (QED) is 0.894. The fourth-order valence-electron chi connectivity index (χ4n) is 2.80. The summed E-state index contributed by atoms with van der Waals surface area (Å²) in [5.41, 5.74) is 3.78. The predicted octanol–water partition coefficient (Wildman–Crippen LogP) is 4.26. The van der Waals surface area contributed by atoms with E-state index in [2.05, 4.69) is 56.4 Å². The summed E-state index contributed by atoms with van der Waals surface area (Å²) in [6.45, 7) is 8.82. The summed E-state index contributed by atoms with van der Waals surface area (Å²) in [6.07, 6.45) is -0.183. The molecule has 3 rings (SSSR count). The highest BCUT2D eigenvalue weighted by Gasteiger charge is 2.17. The van der Waals surface area contributed by atoms with Crippen LogP contribution >= 0.6 is 11.3 Å². The van der Waals surface area contributed by atoms with Gasteiger partial charge >= 0.3 is 0 Å². The zero-order valence-corrected chi connectivity index (χ0v) is 14.2. The van der Waals surface area contributed by atoms with Crippen LogP contribution in [-0.4, -0.2) is 13.2 Å². The Bertz CT molecular complexity index is 615. The van der Waals surface area contributed by atoms with E-state index in [9.17, 15) is 0 Å². The van der Waals surface area contributed by atoms with Crippen molar-refractivity contribution in [3.8, 4) is 0 Å². The number of benzene rings is 1. The van der Waals surface area contributed by atoms with Crippen LogP contribution in [0.15, 0.2) is 30.3 Å². The molecule has 0 amide bonds. The van der Waals surface area contributed by atoms with E-state index in [0.717, 1.165) is 12.1 Å². The molecule has 2 aromatic rings. The number of thiophene rings is 1. The zero-order chi connectivity index (χ0) is 15.5. The normalized spacial score (nSPS) is 17.0. The molecule has 22 heavy (non-hydrogen) atoms. The van der Waals surface area contributed by atoms with E-state index in [-0.39, 0.29) is 6.29 Å². The lowest BCUT2D eigenvalue weighted by atomic mass is 10.1. The van der Waals surface area contributed by atoms with Gasteiger partial charge in [0, 0.05) is 27.9 Å². The van der Waals surface area contributed by atoms with Gasteiger partial charge in [-0.15, -0.1) is 11.3 Å². The molecule has 1 aliphatic heterocycles. The topological polar surface area (TPSA) is 30.5 Å². The predicted molar refractivity (Wildman–Crippen MR) is 90.1 cm³/mol. The summed E-state index contributed by atoms with van der Waals surface area (Å²) in [5.74, 6) is 0. The highest BCUT2D eigenvalue weighted by atomic mass is 32.1. The van der Waals surface area contributed by atoms with E-state index in [1.165, 1.54) is 20.9 Å². The highest BCUT2D eigenvalue weighted by molar-refractivity contribution is 7.12. The molecule has 1 aromatic carbocycles. The molecule has 1 saturated heterocycles. The average molecular weight is 317 g/mol. The SMILES string of the molecule is Cc1cc([C@H](C)NCc2ccc(C3OCCO3)cc2)c(C)s1. The molecule has 3 nitrogen and oxygen atoms in total. The number of nitrogens with one attached hydrogen (secondary N) is 1. The first-order valence-corrected chi connectivity index (χ1v) is 8.57. The van der Waals surface area contributed by atoms with Crippen molar-refractivity contribution in [3.05, 3.63) is 56.8 Å². The molecule has 4 heteroatoms. The van der Waals surface area contributed by atoms with Crippen LogP contribution in [0.2, 0.25) is 0 Å². The Morgan fingerprint density at radius 1 is 1.18 bits per heavy atom. The van der Waals surface area contributed by atoms with Crippen molar-refractivity contribution < 1.29 is 9.47 Å². The summed E-state index contributed by atoms with van der Waals surface area (Å²) < 4.78 is 11.0. The molecule has 118 valence electrons. The van der Waals surface area contributed by atoms with Crippen LogP contribution in [0.5, 0.6) is 0 Å². The molecule has 1 fully saturated rings. The molecule has 0 spiro atoms. The number of ether oxygens (including phenoxy) is 2. The standard InChI is InChI=1S/C18H23NO2S/c1-12-10-17(14(3)22-12)13(2)19-11-15-4-6-16(7-5-15)18-20-8-9-21-18/h4-7,10,13,18-19H,8-9,11H2,1-3H3/t13-/m0/s1. The van der Waals surface area contributed by atoms with Gasteiger partial charge in [-0.3, -0.25) is 0 Å². The van der Waals surface area contributed by atoms with Crippen molar-refractivity contribution in [3.63, 3.8) is 0 Å². The first-order chi connectivity index (χ1) is 10.6. The third kappa shape index (κ3) is 3.58. The lowest BCUT2D eigenvalue weighted by Gasteiger charge is -2.15. The first kappa shape index (κ1) is 15.7. The molecule has 2 heterocycles. The monoisotopic (exact) mass is 317 g/mol. The molecule has 1 aliphatic rings. The van der Waals surface area contributed by atoms with E-state index in [1.807, 2.05) is 11.3 Å². The largest absolute Gasteiger partial charge is 0.346 e. The number of hydrogen-bond donors (Lipinski definition) is 1. The Morgan fingerprint density at radius 2 is 1.86 bits per heavy atom. The smallest absolute Gasteiger partial charge is 0.184 e. The summed E-state index contributed by atoms with van der Waals surface area (Å²) in [5, 5.41) is 3.60. The van der Waals surface area contributed by atoms with Gasteiger partial charge in [0.25, 0.3) is 0 Å². The lowest BCUT2D eigenvalue weighted by Crippen LogP contribution is -2.18. The van der Waals surface area contributed by atoms with Crippen molar-refractivity contribution in [2.24, 2.45) is 0 Å². The van der Waals surface area contributed by atoms with Crippen LogP contribution in [0.3, 0.4) is 0 Å². The second-order valence-corrected chi connectivity index (χ2v) is 7.25. The van der Waals surface area contributed by atoms with Crippen molar-refractivity contribution in [1.82, 2.24) is 5.32 Å². The van der Waals surface area contributed by atoms with E-state index >= 15 is 0 Å². The van der Waals surface area contributed by atoms with E-state index in [0.29, 0.717) is 19.3 Å². The Hall–Kier alpha value is -1.20.